The smallest absolute Gasteiger partial charge is 0.0802 e. The van der Waals surface area contributed by atoms with Gasteiger partial charge in [-0.1, -0.05) is 0 Å². The highest BCUT2D eigenvalue weighted by Crippen LogP contribution is 2.45. The average molecular weight is 395 g/mol. The number of hydrogen-bond acceptors (Lipinski definition) is 6. The summed E-state index contributed by atoms with van der Waals surface area (Å²) in [5.74, 6) is 0.517. The number of nitrogens with one attached hydrogen (secondary N) is 1. The summed E-state index contributed by atoms with van der Waals surface area (Å²) in [4.78, 5) is 2.33. The van der Waals surface area contributed by atoms with Crippen LogP contribution in [0.5, 0.6) is 0 Å². The highest BCUT2D eigenvalue weighted by Gasteiger charge is 2.39. The lowest BCUT2D eigenvalue weighted by Gasteiger charge is -2.39. The number of hydrogen-bond donors (Lipinski definition) is 2. The second-order valence-electron chi connectivity index (χ2n) is 8.83. The first-order chi connectivity index (χ1) is 13.5. The Labute approximate surface area is 169 Å². The van der Waals surface area contributed by atoms with Gasteiger partial charge in [0.15, 0.2) is 0 Å². The molecule has 2 N–H and O–H groups in total. The number of nitrogens with zero attached hydrogens (tertiary/aromatic N) is 3. The molecule has 2 aliphatic rings. The zero-order valence-corrected chi connectivity index (χ0v) is 18.0. The number of rotatable bonds is 10. The number of aliphatic hydroxyl groups excluding tert-OH is 1. The third-order valence-electron chi connectivity index (χ3n) is 6.51. The Morgan fingerprint density at radius 1 is 1.25 bits per heavy atom. The molecule has 0 amide bonds. The van der Waals surface area contributed by atoms with Gasteiger partial charge in [0.05, 0.1) is 31.6 Å². The first-order valence-electron chi connectivity index (χ1n) is 10.6. The minimum Gasteiger partial charge on any atom is -0.391 e. The van der Waals surface area contributed by atoms with Crippen molar-refractivity contribution in [1.29, 1.82) is 0 Å². The van der Waals surface area contributed by atoms with Gasteiger partial charge in [0.25, 0.3) is 0 Å². The van der Waals surface area contributed by atoms with E-state index in [-0.39, 0.29) is 11.5 Å². The van der Waals surface area contributed by atoms with Crippen LogP contribution in [-0.4, -0.2) is 80.5 Å². The molecule has 0 saturated heterocycles. The maximum Gasteiger partial charge on any atom is 0.0802 e. The molecule has 0 aromatic carbocycles. The largest absolute Gasteiger partial charge is 0.391 e. The van der Waals surface area contributed by atoms with Crippen LogP contribution in [0.1, 0.15) is 48.6 Å². The maximum absolute atomic E-state index is 10.2. The summed E-state index contributed by atoms with van der Waals surface area (Å²) in [7, 11) is 7.72. The van der Waals surface area contributed by atoms with Gasteiger partial charge in [0, 0.05) is 56.9 Å². The quantitative estimate of drug-likeness (QED) is 0.625. The van der Waals surface area contributed by atoms with E-state index in [1.54, 1.807) is 14.2 Å². The van der Waals surface area contributed by atoms with Crippen LogP contribution in [0, 0.1) is 5.41 Å². The second kappa shape index (κ2) is 9.67. The molecule has 1 aromatic rings. The van der Waals surface area contributed by atoms with Crippen molar-refractivity contribution in [3.8, 4) is 0 Å². The van der Waals surface area contributed by atoms with Crippen LogP contribution in [0.15, 0.2) is 0 Å². The number of likely N-dealkylation sites (N-methyl/N-ethyl adjacent to an activating group) is 2. The Bertz CT molecular complexity index is 617. The monoisotopic (exact) mass is 394 g/mol. The fraction of sp³-hybridized carbons (Fsp3) is 0.857. The van der Waals surface area contributed by atoms with Crippen LogP contribution in [0.4, 0.5) is 0 Å². The minimum atomic E-state index is -0.290. The van der Waals surface area contributed by atoms with Gasteiger partial charge in [-0.05, 0) is 45.7 Å². The Morgan fingerprint density at radius 2 is 1.93 bits per heavy atom. The maximum atomic E-state index is 10.2. The van der Waals surface area contributed by atoms with E-state index in [0.29, 0.717) is 12.5 Å². The second-order valence-corrected chi connectivity index (χ2v) is 8.83. The molecule has 1 fully saturated rings. The zero-order chi connectivity index (χ0) is 20.1. The minimum absolute atomic E-state index is 0.138. The van der Waals surface area contributed by atoms with Crippen LogP contribution in [0.25, 0.3) is 0 Å². The first-order valence-corrected chi connectivity index (χ1v) is 10.6. The van der Waals surface area contributed by atoms with E-state index in [0.717, 1.165) is 65.0 Å². The molecule has 7 nitrogen and oxygen atoms in total. The van der Waals surface area contributed by atoms with E-state index in [2.05, 4.69) is 21.9 Å². The number of methoxy groups -OCH3 is 2. The van der Waals surface area contributed by atoms with E-state index in [9.17, 15) is 5.11 Å². The van der Waals surface area contributed by atoms with E-state index in [4.69, 9.17) is 14.6 Å². The number of fused-ring (bicyclic) bond motifs is 1. The lowest BCUT2D eigenvalue weighted by molar-refractivity contribution is -0.0170. The summed E-state index contributed by atoms with van der Waals surface area (Å²) < 4.78 is 13.1. The van der Waals surface area contributed by atoms with Crippen molar-refractivity contribution in [3.63, 3.8) is 0 Å². The predicted octanol–water partition coefficient (Wildman–Crippen LogP) is 1.39. The average Bonchev–Trinajstić information content (AvgIpc) is 3.16. The molecule has 7 heteroatoms. The van der Waals surface area contributed by atoms with Crippen LogP contribution in [0.2, 0.25) is 0 Å². The number of aromatic nitrogens is 2. The van der Waals surface area contributed by atoms with Gasteiger partial charge in [-0.15, -0.1) is 0 Å². The van der Waals surface area contributed by atoms with Crippen molar-refractivity contribution < 1.29 is 14.6 Å². The highest BCUT2D eigenvalue weighted by molar-refractivity contribution is 5.33. The lowest BCUT2D eigenvalue weighted by atomic mass is 9.69. The Morgan fingerprint density at radius 3 is 2.54 bits per heavy atom. The van der Waals surface area contributed by atoms with Gasteiger partial charge in [0.1, 0.15) is 0 Å². The molecular formula is C21H38N4O3. The van der Waals surface area contributed by atoms with Crippen molar-refractivity contribution >= 4 is 0 Å². The Balaban J connectivity index is 1.77. The van der Waals surface area contributed by atoms with Gasteiger partial charge in [0.2, 0.25) is 0 Å². The molecule has 28 heavy (non-hydrogen) atoms. The molecule has 160 valence electrons. The van der Waals surface area contributed by atoms with E-state index < -0.39 is 0 Å². The summed E-state index contributed by atoms with van der Waals surface area (Å²) in [5.41, 5.74) is 4.02. The molecule has 1 saturated carbocycles. The summed E-state index contributed by atoms with van der Waals surface area (Å²) in [6.45, 7) is 4.99. The first kappa shape index (κ1) is 21.7. The fourth-order valence-corrected chi connectivity index (χ4v) is 5.11. The van der Waals surface area contributed by atoms with Crippen molar-refractivity contribution in [2.75, 3.05) is 54.6 Å². The van der Waals surface area contributed by atoms with E-state index in [1.165, 1.54) is 17.0 Å². The van der Waals surface area contributed by atoms with Crippen LogP contribution in [-0.2, 0) is 29.0 Å². The zero-order valence-electron chi connectivity index (χ0n) is 18.0. The molecule has 1 aromatic heterocycles. The Hall–Kier alpha value is -0.990. The fourth-order valence-electron chi connectivity index (χ4n) is 5.11. The molecular weight excluding hydrogens is 356 g/mol. The molecule has 3 rings (SSSR count). The molecule has 1 aliphatic carbocycles. The normalized spacial score (nSPS) is 22.1. The SMILES string of the molecule is CNCCN(C)Cc1nn2c(c1C1CCC(COC)(COC)CC1)CC(O)C2. The summed E-state index contributed by atoms with van der Waals surface area (Å²) in [6.07, 6.45) is 4.94. The predicted molar refractivity (Wildman–Crippen MR) is 110 cm³/mol. The summed E-state index contributed by atoms with van der Waals surface area (Å²) >= 11 is 0. The summed E-state index contributed by atoms with van der Waals surface area (Å²) in [5, 5.41) is 18.3. The van der Waals surface area contributed by atoms with Gasteiger partial charge in [-0.2, -0.15) is 5.10 Å². The van der Waals surface area contributed by atoms with E-state index >= 15 is 0 Å². The van der Waals surface area contributed by atoms with Gasteiger partial charge >= 0.3 is 0 Å². The molecule has 1 atom stereocenters. The van der Waals surface area contributed by atoms with Gasteiger partial charge < -0.3 is 19.9 Å². The molecule has 0 spiro atoms. The molecule has 0 bridgehead atoms. The molecule has 2 heterocycles. The molecule has 1 aliphatic heterocycles. The van der Waals surface area contributed by atoms with Crippen molar-refractivity contribution in [2.24, 2.45) is 5.41 Å². The standard InChI is InChI=1S/C21H38N4O3/c1-22-9-10-24(2)13-18-20(19-11-17(26)12-25(19)23-18)16-5-7-21(8-6-16,14-27-3)15-28-4/h16-17,22,26H,5-15H2,1-4H3. The van der Waals surface area contributed by atoms with Crippen molar-refractivity contribution in [1.82, 2.24) is 20.0 Å². The Kier molecular flexibility index (Phi) is 7.50. The van der Waals surface area contributed by atoms with E-state index in [1.807, 2.05) is 7.05 Å². The lowest BCUT2D eigenvalue weighted by Crippen LogP contribution is -2.36. The topological polar surface area (TPSA) is 71.8 Å². The van der Waals surface area contributed by atoms with Crippen molar-refractivity contribution in [2.45, 2.75) is 57.2 Å². The number of ether oxygens (including phenoxy) is 2. The van der Waals surface area contributed by atoms with Gasteiger partial charge in [-0.3, -0.25) is 9.58 Å². The molecule has 1 unspecified atom stereocenters. The highest BCUT2D eigenvalue weighted by atomic mass is 16.5. The van der Waals surface area contributed by atoms with Crippen molar-refractivity contribution in [3.05, 3.63) is 17.0 Å². The van der Waals surface area contributed by atoms with Crippen LogP contribution >= 0.6 is 0 Å². The third kappa shape index (κ3) is 4.76. The van der Waals surface area contributed by atoms with Crippen LogP contribution in [0.3, 0.4) is 0 Å². The molecule has 0 radical (unpaired) electrons. The van der Waals surface area contributed by atoms with Gasteiger partial charge in [-0.25, -0.2) is 0 Å². The third-order valence-corrected chi connectivity index (χ3v) is 6.51. The number of aliphatic hydroxyl groups is 1. The summed E-state index contributed by atoms with van der Waals surface area (Å²) in [6, 6.07) is 0. The van der Waals surface area contributed by atoms with Crippen LogP contribution < -0.4 is 5.32 Å².